The molecule has 0 aliphatic carbocycles. The maximum atomic E-state index is 13.3. The molecular weight excluding hydrogens is 623 g/mol. The highest BCUT2D eigenvalue weighted by Crippen LogP contribution is 2.37. The quantitative estimate of drug-likeness (QED) is 0.171. The minimum Gasteiger partial charge on any atom is -0.490 e. The Hall–Kier alpha value is -3.71. The van der Waals surface area contributed by atoms with Gasteiger partial charge in [0.15, 0.2) is 11.5 Å². The van der Waals surface area contributed by atoms with Crippen LogP contribution in [0.3, 0.4) is 0 Å². The number of hydrogen-bond acceptors (Lipinski definition) is 7. The molecule has 4 rings (SSSR count). The first kappa shape index (κ1) is 27.3. The fourth-order valence-corrected chi connectivity index (χ4v) is 5.55. The number of nitrogens with zero attached hydrogens (tertiary/aromatic N) is 1. The van der Waals surface area contributed by atoms with E-state index in [1.807, 2.05) is 36.4 Å². The summed E-state index contributed by atoms with van der Waals surface area (Å²) in [6, 6.07) is 14.9. The molecule has 9 nitrogen and oxygen atoms in total. The average Bonchev–Trinajstić information content (AvgIpc) is 2.86. The van der Waals surface area contributed by atoms with Crippen LogP contribution in [0, 0.1) is 17.4 Å². The standard InChI is InChI=1S/C27H23IN2O7S/c1-4-36-23-15-18(14-22(28)24(23)37-38(34,35)20-8-6-5-7-9-20)13-21-25(31)29-27(33)30(26(21)32)19-11-10-16(2)17(3)12-19/h5-15H,4H2,1-3H3,(H,29,31,33)/b21-13+. The highest BCUT2D eigenvalue weighted by atomic mass is 127. The number of aryl methyl sites for hydroxylation is 2. The maximum Gasteiger partial charge on any atom is 0.339 e. The van der Waals surface area contributed by atoms with Gasteiger partial charge in [-0.2, -0.15) is 8.42 Å². The van der Waals surface area contributed by atoms with Gasteiger partial charge in [-0.05, 0) is 103 Å². The zero-order valence-electron chi connectivity index (χ0n) is 20.6. The van der Waals surface area contributed by atoms with Crippen LogP contribution in [0.15, 0.2) is 71.1 Å². The molecule has 1 aliphatic rings. The van der Waals surface area contributed by atoms with Gasteiger partial charge in [0, 0.05) is 0 Å². The summed E-state index contributed by atoms with van der Waals surface area (Å²) >= 11 is 1.89. The second kappa shape index (κ2) is 11.0. The number of nitrogens with one attached hydrogen (secondary N) is 1. The topological polar surface area (TPSA) is 119 Å². The Kier molecular flexibility index (Phi) is 7.88. The van der Waals surface area contributed by atoms with Crippen molar-refractivity contribution in [2.45, 2.75) is 25.7 Å². The van der Waals surface area contributed by atoms with Crippen molar-refractivity contribution in [2.75, 3.05) is 11.5 Å². The first-order chi connectivity index (χ1) is 18.0. The summed E-state index contributed by atoms with van der Waals surface area (Å²) in [4.78, 5) is 39.4. The predicted octanol–water partition coefficient (Wildman–Crippen LogP) is 4.74. The third-order valence-electron chi connectivity index (χ3n) is 5.72. The minimum absolute atomic E-state index is 0.0231. The first-order valence-electron chi connectivity index (χ1n) is 11.5. The Balaban J connectivity index is 1.73. The Labute approximate surface area is 233 Å². The van der Waals surface area contributed by atoms with Crippen LogP contribution in [-0.2, 0) is 19.7 Å². The number of ether oxygens (including phenoxy) is 1. The lowest BCUT2D eigenvalue weighted by molar-refractivity contribution is -0.122. The summed E-state index contributed by atoms with van der Waals surface area (Å²) in [6.07, 6.45) is 1.32. The van der Waals surface area contributed by atoms with E-state index >= 15 is 0 Å². The monoisotopic (exact) mass is 646 g/mol. The van der Waals surface area contributed by atoms with Gasteiger partial charge in [0.1, 0.15) is 10.5 Å². The molecule has 0 aromatic heterocycles. The molecule has 0 spiro atoms. The highest BCUT2D eigenvalue weighted by Gasteiger charge is 2.37. The fraction of sp³-hybridized carbons (Fsp3) is 0.148. The zero-order valence-corrected chi connectivity index (χ0v) is 23.6. The van der Waals surface area contributed by atoms with E-state index in [4.69, 9.17) is 8.92 Å². The van der Waals surface area contributed by atoms with E-state index in [1.54, 1.807) is 49.4 Å². The lowest BCUT2D eigenvalue weighted by Gasteiger charge is -2.27. The van der Waals surface area contributed by atoms with E-state index in [1.165, 1.54) is 24.3 Å². The van der Waals surface area contributed by atoms with Crippen LogP contribution in [-0.4, -0.2) is 32.9 Å². The molecule has 0 radical (unpaired) electrons. The van der Waals surface area contributed by atoms with Gasteiger partial charge in [-0.3, -0.25) is 14.9 Å². The highest BCUT2D eigenvalue weighted by molar-refractivity contribution is 14.1. The van der Waals surface area contributed by atoms with Crippen molar-refractivity contribution in [1.29, 1.82) is 0 Å². The molecule has 4 amide bonds. The van der Waals surface area contributed by atoms with Crippen LogP contribution in [0.4, 0.5) is 10.5 Å². The van der Waals surface area contributed by atoms with Crippen molar-refractivity contribution in [3.05, 3.63) is 86.5 Å². The molecule has 1 saturated heterocycles. The smallest absolute Gasteiger partial charge is 0.339 e. The number of imide groups is 2. The van der Waals surface area contributed by atoms with E-state index in [2.05, 4.69) is 5.32 Å². The van der Waals surface area contributed by atoms with Gasteiger partial charge in [-0.15, -0.1) is 0 Å². The van der Waals surface area contributed by atoms with Crippen molar-refractivity contribution >= 4 is 62.3 Å². The third kappa shape index (κ3) is 5.58. The van der Waals surface area contributed by atoms with Crippen LogP contribution in [0.2, 0.25) is 0 Å². The molecule has 0 bridgehead atoms. The molecule has 3 aromatic carbocycles. The van der Waals surface area contributed by atoms with Crippen LogP contribution in [0.5, 0.6) is 11.5 Å². The molecule has 0 atom stereocenters. The number of barbiturate groups is 1. The number of carbonyl (C=O) groups excluding carboxylic acids is 3. The molecule has 3 aromatic rings. The second-order valence-electron chi connectivity index (χ2n) is 8.34. The van der Waals surface area contributed by atoms with Crippen molar-refractivity contribution in [3.63, 3.8) is 0 Å². The number of hydrogen-bond donors (Lipinski definition) is 1. The lowest BCUT2D eigenvalue weighted by atomic mass is 10.0. The Bertz CT molecular complexity index is 1580. The van der Waals surface area contributed by atoms with Gasteiger partial charge in [0.2, 0.25) is 0 Å². The van der Waals surface area contributed by atoms with Gasteiger partial charge < -0.3 is 8.92 Å². The lowest BCUT2D eigenvalue weighted by Crippen LogP contribution is -2.54. The largest absolute Gasteiger partial charge is 0.490 e. The van der Waals surface area contributed by atoms with Gasteiger partial charge >= 0.3 is 16.1 Å². The van der Waals surface area contributed by atoms with Gasteiger partial charge in [-0.25, -0.2) is 9.69 Å². The molecular formula is C27H23IN2O7S. The molecule has 1 aliphatic heterocycles. The Morgan fingerprint density at radius 2 is 1.68 bits per heavy atom. The van der Waals surface area contributed by atoms with Crippen LogP contribution in [0.1, 0.15) is 23.6 Å². The minimum atomic E-state index is -4.15. The number of rotatable bonds is 7. The van der Waals surface area contributed by atoms with Crippen molar-refractivity contribution < 1.29 is 31.7 Å². The summed E-state index contributed by atoms with van der Waals surface area (Å²) < 4.78 is 37.1. The van der Waals surface area contributed by atoms with Crippen molar-refractivity contribution in [2.24, 2.45) is 0 Å². The number of benzene rings is 3. The van der Waals surface area contributed by atoms with Crippen molar-refractivity contribution in [3.8, 4) is 11.5 Å². The number of carbonyl (C=O) groups is 3. The number of anilines is 1. The molecule has 196 valence electrons. The maximum absolute atomic E-state index is 13.3. The number of urea groups is 1. The summed E-state index contributed by atoms with van der Waals surface area (Å²) in [5.74, 6) is -1.55. The van der Waals surface area contributed by atoms with Crippen LogP contribution >= 0.6 is 22.6 Å². The van der Waals surface area contributed by atoms with E-state index in [0.29, 0.717) is 14.8 Å². The van der Waals surface area contributed by atoms with E-state index in [9.17, 15) is 22.8 Å². The van der Waals surface area contributed by atoms with E-state index in [-0.39, 0.29) is 28.6 Å². The summed E-state index contributed by atoms with van der Waals surface area (Å²) in [6.45, 7) is 5.68. The summed E-state index contributed by atoms with van der Waals surface area (Å²) in [5.41, 5.74) is 2.29. The van der Waals surface area contributed by atoms with E-state index < -0.39 is 28.0 Å². The molecule has 38 heavy (non-hydrogen) atoms. The molecule has 1 fully saturated rings. The first-order valence-corrected chi connectivity index (χ1v) is 13.9. The van der Waals surface area contributed by atoms with Crippen LogP contribution in [0.25, 0.3) is 6.08 Å². The zero-order chi connectivity index (χ0) is 27.6. The SMILES string of the molecule is CCOc1cc(/C=C2\C(=O)NC(=O)N(c3ccc(C)c(C)c3)C2=O)cc(I)c1OS(=O)(=O)c1ccccc1. The van der Waals surface area contributed by atoms with Crippen LogP contribution < -0.4 is 19.1 Å². The van der Waals surface area contributed by atoms with E-state index in [0.717, 1.165) is 16.0 Å². The second-order valence-corrected chi connectivity index (χ2v) is 11.0. The molecule has 1 heterocycles. The van der Waals surface area contributed by atoms with Gasteiger partial charge in [0.05, 0.1) is 15.9 Å². The summed E-state index contributed by atoms with van der Waals surface area (Å²) in [5, 5.41) is 2.20. The van der Waals surface area contributed by atoms with Gasteiger partial charge in [-0.1, -0.05) is 24.3 Å². The predicted molar refractivity (Wildman–Crippen MR) is 150 cm³/mol. The van der Waals surface area contributed by atoms with Crippen molar-refractivity contribution in [1.82, 2.24) is 5.32 Å². The Morgan fingerprint density at radius 3 is 2.34 bits per heavy atom. The van der Waals surface area contributed by atoms with Gasteiger partial charge in [0.25, 0.3) is 11.8 Å². The average molecular weight is 646 g/mol. The molecule has 11 heteroatoms. The molecule has 0 unspecified atom stereocenters. The number of amides is 4. The normalized spacial score (nSPS) is 15.0. The Morgan fingerprint density at radius 1 is 0.974 bits per heavy atom. The molecule has 1 N–H and O–H groups in total. The molecule has 0 saturated carbocycles. The third-order valence-corrected chi connectivity index (χ3v) is 7.75. The number of halogens is 1. The summed E-state index contributed by atoms with van der Waals surface area (Å²) in [7, 11) is -4.15. The fourth-order valence-electron chi connectivity index (χ4n) is 3.68.